The van der Waals surface area contributed by atoms with Gasteiger partial charge < -0.3 is 101 Å². The number of carbonyl (C=O) groups is 13. The van der Waals surface area contributed by atoms with E-state index in [1.807, 2.05) is 0 Å². The molecule has 1 heterocycles. The maximum absolute atomic E-state index is 14.6. The second kappa shape index (κ2) is 42.4. The Morgan fingerprint density at radius 3 is 1.48 bits per heavy atom. The van der Waals surface area contributed by atoms with Crippen molar-refractivity contribution >= 4 is 88.7 Å². The van der Waals surface area contributed by atoms with Crippen LogP contribution in [-0.2, 0) is 81.6 Å². The van der Waals surface area contributed by atoms with Gasteiger partial charge >= 0.3 is 11.9 Å². The molecule has 3 aromatic carbocycles. The normalized spacial score (nSPS) is 15.9. The van der Waals surface area contributed by atoms with E-state index in [9.17, 15) is 87.9 Å². The quantitative estimate of drug-likeness (QED) is 0.0280. The lowest BCUT2D eigenvalue weighted by Gasteiger charge is -2.30. The average molecular weight is 1420 g/mol. The van der Waals surface area contributed by atoms with E-state index in [2.05, 4.69) is 53.2 Å². The number of aliphatic carboxylic acids is 2. The number of carboxylic acid groups (broad SMARTS) is 2. The minimum atomic E-state index is -1.78. The number of benzene rings is 3. The van der Waals surface area contributed by atoms with Crippen LogP contribution in [0.3, 0.4) is 0 Å². The Morgan fingerprint density at radius 2 is 0.980 bits per heavy atom. The minimum absolute atomic E-state index is 0.00976. The summed E-state index contributed by atoms with van der Waals surface area (Å²) in [6.45, 7) is 5.82. The lowest BCUT2D eigenvalue weighted by molar-refractivity contribution is -0.144. The van der Waals surface area contributed by atoms with Crippen molar-refractivity contribution in [3.05, 3.63) is 89.5 Å². The Kier molecular flexibility index (Phi) is 35.1. The minimum Gasteiger partial charge on any atom is -0.508 e. The zero-order valence-corrected chi connectivity index (χ0v) is 57.7. The van der Waals surface area contributed by atoms with Gasteiger partial charge in [-0.3, -0.25) is 57.5 Å². The van der Waals surface area contributed by atoms with Gasteiger partial charge in [0.15, 0.2) is 0 Å². The van der Waals surface area contributed by atoms with Crippen molar-refractivity contribution in [2.75, 3.05) is 38.2 Å². The van der Waals surface area contributed by atoms with Gasteiger partial charge in [-0.05, 0) is 162 Å². The smallest absolute Gasteiger partial charge is 0.326 e. The Morgan fingerprint density at radius 1 is 0.520 bits per heavy atom. The van der Waals surface area contributed by atoms with E-state index in [0.717, 1.165) is 4.90 Å². The largest absolute Gasteiger partial charge is 0.508 e. The van der Waals surface area contributed by atoms with Gasteiger partial charge in [0, 0.05) is 19.4 Å². The summed E-state index contributed by atoms with van der Waals surface area (Å²) >= 11 is 1.35. The second-order valence-electron chi connectivity index (χ2n) is 24.7. The highest BCUT2D eigenvalue weighted by Crippen LogP contribution is 2.21. The molecular weight excluding hydrogens is 1320 g/mol. The van der Waals surface area contributed by atoms with Crippen LogP contribution in [0, 0.1) is 5.92 Å². The molecule has 1 fully saturated rings. The Balaban J connectivity index is 1.47. The van der Waals surface area contributed by atoms with E-state index in [0.29, 0.717) is 54.5 Å². The van der Waals surface area contributed by atoms with Crippen molar-refractivity contribution in [2.24, 2.45) is 23.1 Å². The number of phenols is 3. The van der Waals surface area contributed by atoms with Crippen LogP contribution < -0.4 is 70.4 Å². The van der Waals surface area contributed by atoms with Crippen molar-refractivity contribution in [3.63, 3.8) is 0 Å². The fourth-order valence-corrected chi connectivity index (χ4v) is 11.2. The first-order chi connectivity index (χ1) is 47.5. The number of rotatable bonds is 43. The number of hydrogen-bond acceptors (Lipinski definition) is 20. The zero-order valence-electron chi connectivity index (χ0n) is 56.9. The summed E-state index contributed by atoms with van der Waals surface area (Å²) in [4.78, 5) is 178. The van der Waals surface area contributed by atoms with Crippen LogP contribution in [0.1, 0.15) is 115 Å². The van der Waals surface area contributed by atoms with Gasteiger partial charge in [0.2, 0.25) is 65.0 Å². The van der Waals surface area contributed by atoms with Gasteiger partial charge in [-0.2, -0.15) is 11.8 Å². The average Bonchev–Trinajstić information content (AvgIpc) is 1.57. The van der Waals surface area contributed by atoms with Gasteiger partial charge in [-0.15, -0.1) is 0 Å². The van der Waals surface area contributed by atoms with E-state index in [1.54, 1.807) is 32.2 Å². The second-order valence-corrected chi connectivity index (χ2v) is 25.7. The van der Waals surface area contributed by atoms with Crippen molar-refractivity contribution in [2.45, 2.75) is 184 Å². The third-order valence-corrected chi connectivity index (χ3v) is 17.3. The number of carboxylic acids is 2. The molecule has 1 aliphatic rings. The van der Waals surface area contributed by atoms with E-state index < -0.39 is 162 Å². The Bertz CT molecular complexity index is 3260. The van der Waals surface area contributed by atoms with Crippen LogP contribution in [-0.4, -0.2) is 212 Å². The molecule has 0 aliphatic carbocycles. The van der Waals surface area contributed by atoms with Gasteiger partial charge in [0.25, 0.3) is 0 Å². The number of aromatic hydroxyl groups is 3. The highest BCUT2D eigenvalue weighted by atomic mass is 32.2. The van der Waals surface area contributed by atoms with Crippen LogP contribution in [0.5, 0.6) is 17.2 Å². The molecule has 1 saturated heterocycles. The zero-order chi connectivity index (χ0) is 74.2. The predicted octanol–water partition coefficient (Wildman–Crippen LogP) is -1.71. The van der Waals surface area contributed by atoms with E-state index in [-0.39, 0.29) is 88.2 Å². The molecule has 0 bridgehead atoms. The molecule has 4 rings (SSSR count). The molecule has 0 spiro atoms. The van der Waals surface area contributed by atoms with Crippen molar-refractivity contribution in [1.29, 1.82) is 0 Å². The Labute approximate surface area is 584 Å². The maximum atomic E-state index is 14.6. The first-order valence-corrected chi connectivity index (χ1v) is 34.6. The summed E-state index contributed by atoms with van der Waals surface area (Å²) in [5.74, 6) is -12.6. The molecular formula is C67H98N14O18S. The first-order valence-electron chi connectivity index (χ1n) is 33.2. The molecule has 3 aromatic rings. The SMILES string of the molecule is CC[C@H](C)[C@H](NC(=O)[C@H](CCCCN)NC(=O)[C@H](C)NC(=O)CNC(=O)[C@H](Cc1ccc(O)cc1)NC(=O)[C@@H](N)Cc1ccc(O)cc1)C(=O)N[C@@H](Cc1ccc(O)cc1)C(=O)N[C@@H](C)C(=O)N1CCC[C@@H]1C(=O)N[C@@H](CC(=O)O)C(=O)N[C@@H](CCCCN)C(=O)N[C@@H](CCSC)C(=O)O. The predicted molar refractivity (Wildman–Crippen MR) is 368 cm³/mol. The summed E-state index contributed by atoms with van der Waals surface area (Å²) in [6.07, 6.45) is 2.69. The number of amides is 11. The summed E-state index contributed by atoms with van der Waals surface area (Å²) in [7, 11) is 0. The first kappa shape index (κ1) is 82.8. The number of nitrogens with one attached hydrogen (secondary N) is 10. The molecule has 11 amide bonds. The number of likely N-dealkylation sites (tertiary alicyclic amines) is 1. The van der Waals surface area contributed by atoms with Crippen LogP contribution in [0.15, 0.2) is 72.8 Å². The molecule has 0 saturated carbocycles. The van der Waals surface area contributed by atoms with Crippen LogP contribution in [0.2, 0.25) is 0 Å². The van der Waals surface area contributed by atoms with Crippen LogP contribution in [0.25, 0.3) is 0 Å². The number of unbranched alkanes of at least 4 members (excludes halogenated alkanes) is 2. The third-order valence-electron chi connectivity index (χ3n) is 16.7. The highest BCUT2D eigenvalue weighted by Gasteiger charge is 2.41. The fourth-order valence-electron chi connectivity index (χ4n) is 10.7. The number of hydrogen-bond donors (Lipinski definition) is 18. The van der Waals surface area contributed by atoms with Crippen molar-refractivity contribution in [1.82, 2.24) is 58.1 Å². The third kappa shape index (κ3) is 28.0. The number of carbonyl (C=O) groups excluding carboxylic acids is 11. The molecule has 1 aliphatic heterocycles. The number of thioether (sulfide) groups is 1. The van der Waals surface area contributed by atoms with E-state index in [1.165, 1.54) is 86.3 Å². The molecule has 0 radical (unpaired) electrons. The Hall–Kier alpha value is -9.60. The molecule has 550 valence electrons. The van der Waals surface area contributed by atoms with Gasteiger partial charge in [-0.25, -0.2) is 4.79 Å². The molecule has 0 aromatic heterocycles. The molecule has 100 heavy (non-hydrogen) atoms. The summed E-state index contributed by atoms with van der Waals surface area (Å²) in [6, 6.07) is 2.55. The molecule has 21 N–H and O–H groups in total. The van der Waals surface area contributed by atoms with Gasteiger partial charge in [0.1, 0.15) is 77.7 Å². The van der Waals surface area contributed by atoms with Gasteiger partial charge in [-0.1, -0.05) is 56.7 Å². The topological polar surface area (TPSA) is 525 Å². The number of nitrogens with two attached hydrogens (primary N) is 3. The van der Waals surface area contributed by atoms with Crippen molar-refractivity contribution in [3.8, 4) is 17.2 Å². The highest BCUT2D eigenvalue weighted by molar-refractivity contribution is 7.98. The summed E-state index contributed by atoms with van der Waals surface area (Å²) in [5.41, 5.74) is 19.2. The number of phenolic OH excluding ortho intramolecular Hbond substituents is 3. The molecule has 0 unspecified atom stereocenters. The molecule has 32 nitrogen and oxygen atoms in total. The maximum Gasteiger partial charge on any atom is 0.326 e. The van der Waals surface area contributed by atoms with E-state index >= 15 is 0 Å². The molecule has 12 atom stereocenters. The number of nitrogens with zero attached hydrogens (tertiary/aromatic N) is 1. The standard InChI is InChI=1S/C67H98N14O18S/c1-6-37(2)56(80-61(92)48(13-8-10-29-69)74-57(88)38(3)72-54(85)36-71-59(90)50(33-41-17-23-44(83)24-18-41)77-58(89)46(70)32-40-15-21-43(82)22-16-40)65(96)79-51(34-42-19-25-45(84)26-20-42)62(93)73-39(4)66(97)81-30-11-14-53(81)64(95)78-52(35-55(86)87)63(94)75-47(12-7-9-28-68)60(91)76-49(67(98)99)27-31-100-5/h15-26,37-39,46-53,56,82-84H,6-14,27-36,68-70H2,1-5H3,(H,71,90)(H,72,85)(H,73,93)(H,74,88)(H,75,94)(H,76,91)(H,77,89)(H,78,95)(H,79,96)(H,80,92)(H,86,87)(H,98,99)/t37-,38-,39-,46-,47-,48-,49-,50-,51-,52-,53+,56-/m0/s1. The van der Waals surface area contributed by atoms with Crippen molar-refractivity contribution < 1.29 is 87.9 Å². The monoisotopic (exact) mass is 1420 g/mol. The van der Waals surface area contributed by atoms with Crippen LogP contribution >= 0.6 is 11.8 Å². The van der Waals surface area contributed by atoms with Crippen LogP contribution in [0.4, 0.5) is 0 Å². The summed E-state index contributed by atoms with van der Waals surface area (Å²) < 4.78 is 0. The lowest BCUT2D eigenvalue weighted by Crippen LogP contribution is -2.61. The van der Waals surface area contributed by atoms with E-state index in [4.69, 9.17) is 17.2 Å². The fraction of sp³-hybridized carbons (Fsp3) is 0.537. The molecule has 33 heteroatoms. The lowest BCUT2D eigenvalue weighted by atomic mass is 9.96. The summed E-state index contributed by atoms with van der Waals surface area (Å²) in [5, 5.41) is 74.6. The van der Waals surface area contributed by atoms with Gasteiger partial charge in [0.05, 0.1) is 19.0 Å².